The number of rotatable bonds is 3. The lowest BCUT2D eigenvalue weighted by atomic mass is 10.2. The fourth-order valence-corrected chi connectivity index (χ4v) is 2.33. The van der Waals surface area contributed by atoms with Gasteiger partial charge in [-0.05, 0) is 24.3 Å². The van der Waals surface area contributed by atoms with E-state index in [0.717, 1.165) is 24.4 Å². The molecule has 29 heavy (non-hydrogen) atoms. The van der Waals surface area contributed by atoms with Crippen LogP contribution in [-0.2, 0) is 12.4 Å². The lowest BCUT2D eigenvalue weighted by Crippen LogP contribution is -2.16. The molecule has 2 heterocycles. The first kappa shape index (κ1) is 20.3. The highest BCUT2D eigenvalue weighted by Crippen LogP contribution is 2.36. The molecule has 0 radical (unpaired) electrons. The van der Waals surface area contributed by atoms with Gasteiger partial charge in [-0.3, -0.25) is 4.79 Å². The highest BCUT2D eigenvalue weighted by Gasteiger charge is 2.42. The highest BCUT2D eigenvalue weighted by molar-refractivity contribution is 6.04. The fourth-order valence-electron chi connectivity index (χ4n) is 2.33. The molecule has 0 unspecified atom stereocenters. The first-order valence-electron chi connectivity index (χ1n) is 7.73. The number of nitrogens with one attached hydrogen (secondary N) is 1. The first-order chi connectivity index (χ1) is 13.5. The van der Waals surface area contributed by atoms with Crippen molar-refractivity contribution in [3.63, 3.8) is 0 Å². The average molecular weight is 418 g/mol. The number of hydrogen-bond donors (Lipinski definition) is 1. The molecule has 0 saturated heterocycles. The third-order valence-electron chi connectivity index (χ3n) is 3.63. The number of anilines is 1. The second kappa shape index (κ2) is 7.18. The second-order valence-corrected chi connectivity index (χ2v) is 5.66. The van der Waals surface area contributed by atoms with Crippen molar-refractivity contribution in [3.05, 3.63) is 71.4 Å². The molecule has 1 aromatic carbocycles. The Morgan fingerprint density at radius 3 is 2.21 bits per heavy atom. The maximum absolute atomic E-state index is 13.6. The molecule has 0 saturated carbocycles. The maximum atomic E-state index is 13.6. The Labute approximate surface area is 157 Å². The van der Waals surface area contributed by atoms with Crippen LogP contribution in [0.1, 0.15) is 21.7 Å². The summed E-state index contributed by atoms with van der Waals surface area (Å²) in [4.78, 5) is 15.6. The summed E-state index contributed by atoms with van der Waals surface area (Å²) in [7, 11) is 0. The zero-order chi connectivity index (χ0) is 21.4. The monoisotopic (exact) mass is 418 g/mol. The van der Waals surface area contributed by atoms with E-state index in [9.17, 15) is 35.5 Å². The topological polar surface area (TPSA) is 59.8 Å². The molecule has 12 heteroatoms. The predicted molar refractivity (Wildman–Crippen MR) is 85.7 cm³/mol. The Morgan fingerprint density at radius 1 is 0.966 bits per heavy atom. The van der Waals surface area contributed by atoms with E-state index in [1.807, 2.05) is 0 Å². The third kappa shape index (κ3) is 4.36. The van der Waals surface area contributed by atoms with E-state index in [-0.39, 0.29) is 22.0 Å². The van der Waals surface area contributed by atoms with Gasteiger partial charge in [-0.25, -0.2) is 14.1 Å². The van der Waals surface area contributed by atoms with Crippen LogP contribution in [0.5, 0.6) is 0 Å². The van der Waals surface area contributed by atoms with E-state index in [1.54, 1.807) is 0 Å². The van der Waals surface area contributed by atoms with Gasteiger partial charge in [0.15, 0.2) is 17.2 Å². The van der Waals surface area contributed by atoms with Crippen molar-refractivity contribution >= 4 is 11.6 Å². The number of nitrogens with zero attached hydrogens (tertiary/aromatic N) is 3. The molecule has 0 aliphatic carbocycles. The molecule has 0 bridgehead atoms. The molecule has 0 spiro atoms. The molecule has 5 nitrogen and oxygen atoms in total. The SMILES string of the molecule is O=C(Nc1ccc(-n2nc(C(F)(F)F)cc2C(F)(F)F)nc1)c1ccccc1F. The summed E-state index contributed by atoms with van der Waals surface area (Å²) < 4.78 is 91.0. The van der Waals surface area contributed by atoms with E-state index in [1.165, 1.54) is 18.2 Å². The zero-order valence-electron chi connectivity index (χ0n) is 14.0. The number of hydrogen-bond acceptors (Lipinski definition) is 3. The largest absolute Gasteiger partial charge is 0.435 e. The number of halogens is 7. The molecule has 0 aliphatic rings. The van der Waals surface area contributed by atoms with Gasteiger partial charge in [0.05, 0.1) is 17.4 Å². The number of alkyl halides is 6. The summed E-state index contributed by atoms with van der Waals surface area (Å²) in [5.74, 6) is -2.19. The maximum Gasteiger partial charge on any atom is 0.435 e. The second-order valence-electron chi connectivity index (χ2n) is 5.66. The number of pyridine rings is 1. The van der Waals surface area contributed by atoms with E-state index < -0.39 is 41.3 Å². The van der Waals surface area contributed by atoms with Gasteiger partial charge in [-0.15, -0.1) is 0 Å². The van der Waals surface area contributed by atoms with Crippen LogP contribution < -0.4 is 5.32 Å². The molecule has 0 atom stereocenters. The van der Waals surface area contributed by atoms with Crippen molar-refractivity contribution in [2.24, 2.45) is 0 Å². The van der Waals surface area contributed by atoms with E-state index in [2.05, 4.69) is 15.4 Å². The number of carbonyl (C=O) groups excluding carboxylic acids is 1. The van der Waals surface area contributed by atoms with Crippen LogP contribution in [-0.4, -0.2) is 20.7 Å². The lowest BCUT2D eigenvalue weighted by Gasteiger charge is -2.10. The van der Waals surface area contributed by atoms with E-state index in [4.69, 9.17) is 0 Å². The van der Waals surface area contributed by atoms with Crippen molar-refractivity contribution in [1.82, 2.24) is 14.8 Å². The number of aromatic nitrogens is 3. The summed E-state index contributed by atoms with van der Waals surface area (Å²) in [6, 6.07) is 6.97. The summed E-state index contributed by atoms with van der Waals surface area (Å²) >= 11 is 0. The molecule has 0 fully saturated rings. The van der Waals surface area contributed by atoms with Gasteiger partial charge in [0.25, 0.3) is 5.91 Å². The van der Waals surface area contributed by atoms with Gasteiger partial charge >= 0.3 is 12.4 Å². The van der Waals surface area contributed by atoms with Gasteiger partial charge in [-0.1, -0.05) is 12.1 Å². The van der Waals surface area contributed by atoms with Crippen LogP contribution in [0.3, 0.4) is 0 Å². The van der Waals surface area contributed by atoms with Crippen molar-refractivity contribution in [2.75, 3.05) is 5.32 Å². The Kier molecular flexibility index (Phi) is 5.03. The van der Waals surface area contributed by atoms with Crippen LogP contribution in [0.2, 0.25) is 0 Å². The normalized spacial score (nSPS) is 12.1. The Morgan fingerprint density at radius 2 is 1.66 bits per heavy atom. The van der Waals surface area contributed by atoms with Crippen LogP contribution in [0.4, 0.5) is 36.4 Å². The summed E-state index contributed by atoms with van der Waals surface area (Å²) in [6.45, 7) is 0. The van der Waals surface area contributed by atoms with Gasteiger partial charge in [0, 0.05) is 6.07 Å². The number of carbonyl (C=O) groups is 1. The quantitative estimate of drug-likeness (QED) is 0.628. The standard InChI is InChI=1S/C17H9F7N4O/c18-11-4-2-1-3-10(11)15(29)26-9-5-6-14(25-8-9)28-13(17(22,23)24)7-12(27-28)16(19,20)21/h1-8H,(H,26,29). The first-order valence-corrected chi connectivity index (χ1v) is 7.73. The lowest BCUT2D eigenvalue weighted by molar-refractivity contribution is -0.143. The van der Waals surface area contributed by atoms with Crippen molar-refractivity contribution in [3.8, 4) is 5.82 Å². The third-order valence-corrected chi connectivity index (χ3v) is 3.63. The average Bonchev–Trinajstić information content (AvgIpc) is 3.09. The Hall–Kier alpha value is -3.44. The molecular weight excluding hydrogens is 409 g/mol. The van der Waals surface area contributed by atoms with Crippen LogP contribution in [0, 0.1) is 5.82 Å². The van der Waals surface area contributed by atoms with Gasteiger partial charge in [0.2, 0.25) is 0 Å². The van der Waals surface area contributed by atoms with Crippen LogP contribution >= 0.6 is 0 Å². The van der Waals surface area contributed by atoms with E-state index in [0.29, 0.717) is 0 Å². The van der Waals surface area contributed by atoms with Gasteiger partial charge in [-0.2, -0.15) is 31.4 Å². The summed E-state index contributed by atoms with van der Waals surface area (Å²) in [5.41, 5.74) is -3.69. The molecular formula is C17H9F7N4O. The minimum atomic E-state index is -5.12. The number of benzene rings is 1. The summed E-state index contributed by atoms with van der Waals surface area (Å²) in [5, 5.41) is 5.22. The molecule has 1 N–H and O–H groups in total. The zero-order valence-corrected chi connectivity index (χ0v) is 14.0. The Balaban J connectivity index is 1.90. The minimum Gasteiger partial charge on any atom is -0.320 e. The molecule has 3 aromatic rings. The number of amides is 1. The molecule has 3 rings (SSSR count). The molecule has 1 amide bonds. The van der Waals surface area contributed by atoms with Crippen LogP contribution in [0.15, 0.2) is 48.7 Å². The van der Waals surface area contributed by atoms with E-state index >= 15 is 0 Å². The highest BCUT2D eigenvalue weighted by atomic mass is 19.4. The smallest absolute Gasteiger partial charge is 0.320 e. The van der Waals surface area contributed by atoms with Gasteiger partial charge in [0.1, 0.15) is 5.82 Å². The summed E-state index contributed by atoms with van der Waals surface area (Å²) in [6.07, 6.45) is -9.29. The van der Waals surface area contributed by atoms with Crippen molar-refractivity contribution in [2.45, 2.75) is 12.4 Å². The molecule has 0 aliphatic heterocycles. The fraction of sp³-hybridized carbons (Fsp3) is 0.118. The van der Waals surface area contributed by atoms with Crippen LogP contribution in [0.25, 0.3) is 5.82 Å². The van der Waals surface area contributed by atoms with Gasteiger partial charge < -0.3 is 5.32 Å². The molecule has 2 aromatic heterocycles. The molecule has 152 valence electrons. The van der Waals surface area contributed by atoms with Crippen molar-refractivity contribution in [1.29, 1.82) is 0 Å². The van der Waals surface area contributed by atoms with Crippen molar-refractivity contribution < 1.29 is 35.5 Å². The Bertz CT molecular complexity index is 1040. The minimum absolute atomic E-state index is 0.00525. The predicted octanol–water partition coefficient (Wildman–Crippen LogP) is 4.70.